The van der Waals surface area contributed by atoms with Gasteiger partial charge in [-0.25, -0.2) is 0 Å². The molecule has 2 aliphatic heterocycles. The minimum Gasteiger partial charge on any atom is -0.372 e. The van der Waals surface area contributed by atoms with Gasteiger partial charge in [0, 0.05) is 50.6 Å². The first-order valence-corrected chi connectivity index (χ1v) is 13.9. The molecule has 0 N–H and O–H groups in total. The second kappa shape index (κ2) is 12.3. The molecule has 1 saturated carbocycles. The standard InChI is InChI=1S/C29H49N3O.ClH/c1-6-7-8-15-30-16-18-31(19-17-30)28-10-9-26(32-21-23(2)33-24(3)22-32)20-27(28)25-11-13-29(4,5)14-12-25;/h9-10,20,23-25H,6-8,11-19,21-22H2,1-5H3;1H. The molecule has 0 spiro atoms. The number of unbranched alkanes of at least 4 members (excludes halogenated alkanes) is 2. The summed E-state index contributed by atoms with van der Waals surface area (Å²) in [7, 11) is 0. The van der Waals surface area contributed by atoms with Crippen LogP contribution in [0.15, 0.2) is 18.2 Å². The third-order valence-electron chi connectivity index (χ3n) is 8.37. The largest absolute Gasteiger partial charge is 0.372 e. The highest BCUT2D eigenvalue weighted by Crippen LogP contribution is 2.46. The van der Waals surface area contributed by atoms with Gasteiger partial charge in [0.25, 0.3) is 0 Å². The summed E-state index contributed by atoms with van der Waals surface area (Å²) in [5.41, 5.74) is 5.05. The summed E-state index contributed by atoms with van der Waals surface area (Å²) >= 11 is 0. The molecule has 3 fully saturated rings. The molecule has 194 valence electrons. The van der Waals surface area contributed by atoms with Crippen molar-refractivity contribution in [2.24, 2.45) is 5.41 Å². The molecular weight excluding hydrogens is 442 g/mol. The number of benzene rings is 1. The van der Waals surface area contributed by atoms with Crippen LogP contribution in [0.2, 0.25) is 0 Å². The van der Waals surface area contributed by atoms with Crippen LogP contribution in [-0.2, 0) is 4.74 Å². The van der Waals surface area contributed by atoms with Crippen LogP contribution in [0.25, 0.3) is 0 Å². The van der Waals surface area contributed by atoms with Crippen LogP contribution in [-0.4, -0.2) is 62.9 Å². The van der Waals surface area contributed by atoms with E-state index in [2.05, 4.69) is 67.5 Å². The van der Waals surface area contributed by atoms with E-state index in [0.29, 0.717) is 23.5 Å². The number of ether oxygens (including phenoxy) is 1. The van der Waals surface area contributed by atoms with Crippen LogP contribution in [0, 0.1) is 5.41 Å². The van der Waals surface area contributed by atoms with E-state index < -0.39 is 0 Å². The molecule has 4 nitrogen and oxygen atoms in total. The lowest BCUT2D eigenvalue weighted by Gasteiger charge is -2.41. The number of rotatable bonds is 7. The van der Waals surface area contributed by atoms with Gasteiger partial charge in [0.05, 0.1) is 12.2 Å². The predicted octanol–water partition coefficient (Wildman–Crippen LogP) is 6.72. The first-order valence-electron chi connectivity index (χ1n) is 13.9. The van der Waals surface area contributed by atoms with Crippen molar-refractivity contribution >= 4 is 23.8 Å². The molecule has 2 saturated heterocycles. The van der Waals surface area contributed by atoms with E-state index in [9.17, 15) is 0 Å². The summed E-state index contributed by atoms with van der Waals surface area (Å²) in [6.45, 7) is 19.7. The van der Waals surface area contributed by atoms with Gasteiger partial charge in [0.15, 0.2) is 0 Å². The van der Waals surface area contributed by atoms with Crippen LogP contribution in [0.1, 0.15) is 91.0 Å². The van der Waals surface area contributed by atoms with E-state index in [1.807, 2.05) is 0 Å². The summed E-state index contributed by atoms with van der Waals surface area (Å²) in [5, 5.41) is 0. The number of piperazine rings is 1. The van der Waals surface area contributed by atoms with E-state index >= 15 is 0 Å². The number of hydrogen-bond acceptors (Lipinski definition) is 4. The smallest absolute Gasteiger partial charge is 0.0726 e. The summed E-state index contributed by atoms with van der Waals surface area (Å²) < 4.78 is 6.02. The molecule has 0 bridgehead atoms. The highest BCUT2D eigenvalue weighted by molar-refractivity contribution is 5.85. The molecular formula is C29H50ClN3O. The number of morpholine rings is 1. The molecule has 0 amide bonds. The topological polar surface area (TPSA) is 19.0 Å². The van der Waals surface area contributed by atoms with E-state index in [1.165, 1.54) is 89.0 Å². The van der Waals surface area contributed by atoms with Gasteiger partial charge in [-0.1, -0.05) is 33.6 Å². The zero-order chi connectivity index (χ0) is 23.4. The van der Waals surface area contributed by atoms with Gasteiger partial charge >= 0.3 is 0 Å². The number of anilines is 2. The Morgan fingerprint density at radius 3 is 2.18 bits per heavy atom. The fourth-order valence-corrected chi connectivity index (χ4v) is 6.25. The van der Waals surface area contributed by atoms with Crippen LogP contribution >= 0.6 is 12.4 Å². The maximum absolute atomic E-state index is 6.02. The van der Waals surface area contributed by atoms with Gasteiger partial charge in [-0.2, -0.15) is 0 Å². The van der Waals surface area contributed by atoms with E-state index in [-0.39, 0.29) is 12.4 Å². The Hall–Kier alpha value is -0.970. The Kier molecular flexibility index (Phi) is 10.0. The van der Waals surface area contributed by atoms with Crippen LogP contribution < -0.4 is 9.80 Å². The van der Waals surface area contributed by atoms with Gasteiger partial charge in [0.1, 0.15) is 0 Å². The third kappa shape index (κ3) is 7.04. The molecule has 1 aromatic carbocycles. The molecule has 1 aliphatic carbocycles. The minimum atomic E-state index is 0. The molecule has 2 atom stereocenters. The lowest BCUT2D eigenvalue weighted by Crippen LogP contribution is -2.47. The Morgan fingerprint density at radius 2 is 1.56 bits per heavy atom. The van der Waals surface area contributed by atoms with Crippen molar-refractivity contribution in [3.8, 4) is 0 Å². The van der Waals surface area contributed by atoms with Gasteiger partial charge in [0.2, 0.25) is 0 Å². The van der Waals surface area contributed by atoms with E-state index in [4.69, 9.17) is 4.74 Å². The monoisotopic (exact) mass is 491 g/mol. The average molecular weight is 492 g/mol. The summed E-state index contributed by atoms with van der Waals surface area (Å²) in [5.74, 6) is 0.700. The third-order valence-corrected chi connectivity index (χ3v) is 8.37. The Labute approximate surface area is 215 Å². The first kappa shape index (κ1) is 27.6. The lowest BCUT2D eigenvalue weighted by atomic mass is 9.71. The maximum Gasteiger partial charge on any atom is 0.0726 e. The van der Waals surface area contributed by atoms with E-state index in [1.54, 1.807) is 5.56 Å². The second-order valence-corrected chi connectivity index (χ2v) is 11.9. The molecule has 5 heteroatoms. The van der Waals surface area contributed by atoms with Crippen molar-refractivity contribution in [1.29, 1.82) is 0 Å². The molecule has 0 radical (unpaired) electrons. The minimum absolute atomic E-state index is 0. The van der Waals surface area contributed by atoms with E-state index in [0.717, 1.165) is 13.1 Å². The maximum atomic E-state index is 6.02. The average Bonchev–Trinajstić information content (AvgIpc) is 2.79. The van der Waals surface area contributed by atoms with Crippen LogP contribution in [0.3, 0.4) is 0 Å². The Bertz CT molecular complexity index is 742. The summed E-state index contributed by atoms with van der Waals surface area (Å²) in [6, 6.07) is 7.42. The number of hydrogen-bond donors (Lipinski definition) is 0. The van der Waals surface area contributed by atoms with Crippen molar-refractivity contribution < 1.29 is 4.74 Å². The van der Waals surface area contributed by atoms with Crippen molar-refractivity contribution in [1.82, 2.24) is 4.90 Å². The molecule has 2 heterocycles. The SMILES string of the molecule is CCCCCN1CCN(c2ccc(N3CC(C)OC(C)C3)cc2C2CCC(C)(C)CC2)CC1.Cl. The molecule has 2 unspecified atom stereocenters. The fourth-order valence-electron chi connectivity index (χ4n) is 6.25. The first-order chi connectivity index (χ1) is 15.8. The molecule has 34 heavy (non-hydrogen) atoms. The zero-order valence-corrected chi connectivity index (χ0v) is 23.3. The number of halogens is 1. The summed E-state index contributed by atoms with van der Waals surface area (Å²) in [6.07, 6.45) is 9.98. The molecule has 4 rings (SSSR count). The lowest BCUT2D eigenvalue weighted by molar-refractivity contribution is -0.00522. The van der Waals surface area contributed by atoms with Gasteiger partial charge in [-0.3, -0.25) is 4.90 Å². The van der Waals surface area contributed by atoms with Crippen molar-refractivity contribution in [3.63, 3.8) is 0 Å². The van der Waals surface area contributed by atoms with Crippen molar-refractivity contribution in [3.05, 3.63) is 23.8 Å². The van der Waals surface area contributed by atoms with Crippen molar-refractivity contribution in [2.45, 2.75) is 97.7 Å². The van der Waals surface area contributed by atoms with Gasteiger partial charge < -0.3 is 14.5 Å². The van der Waals surface area contributed by atoms with Gasteiger partial charge in [-0.15, -0.1) is 12.4 Å². The van der Waals surface area contributed by atoms with Crippen LogP contribution in [0.4, 0.5) is 11.4 Å². The quantitative estimate of drug-likeness (QED) is 0.394. The fraction of sp³-hybridized carbons (Fsp3) is 0.793. The molecule has 0 aromatic heterocycles. The van der Waals surface area contributed by atoms with Gasteiger partial charge in [-0.05, 0) is 87.6 Å². The predicted molar refractivity (Wildman–Crippen MR) is 149 cm³/mol. The number of nitrogens with zero attached hydrogens (tertiary/aromatic N) is 3. The molecule has 3 aliphatic rings. The highest BCUT2D eigenvalue weighted by Gasteiger charge is 2.31. The molecule has 1 aromatic rings. The Morgan fingerprint density at radius 1 is 0.912 bits per heavy atom. The highest BCUT2D eigenvalue weighted by atomic mass is 35.5. The van der Waals surface area contributed by atoms with Crippen molar-refractivity contribution in [2.75, 3.05) is 55.6 Å². The van der Waals surface area contributed by atoms with Crippen LogP contribution in [0.5, 0.6) is 0 Å². The summed E-state index contributed by atoms with van der Waals surface area (Å²) in [4.78, 5) is 7.93. The second-order valence-electron chi connectivity index (χ2n) is 11.9. The Balaban J connectivity index is 0.00000324. The zero-order valence-electron chi connectivity index (χ0n) is 22.5. The normalized spacial score (nSPS) is 26.4.